The molecule has 1 aromatic rings. The van der Waals surface area contributed by atoms with Gasteiger partial charge in [-0.15, -0.1) is 0 Å². The fourth-order valence-electron chi connectivity index (χ4n) is 2.34. The van der Waals surface area contributed by atoms with E-state index in [0.29, 0.717) is 6.54 Å². The van der Waals surface area contributed by atoms with Crippen molar-refractivity contribution >= 4 is 0 Å². The molecule has 5 heteroatoms. The average molecular weight is 280 g/mol. The first-order valence-electron chi connectivity index (χ1n) is 6.74. The molecule has 0 radical (unpaired) electrons. The average Bonchev–Trinajstić information content (AvgIpc) is 2.38. The third-order valence-corrected chi connectivity index (χ3v) is 3.90. The second-order valence-corrected chi connectivity index (χ2v) is 5.30. The van der Waals surface area contributed by atoms with Crippen molar-refractivity contribution in [3.05, 3.63) is 29.8 Å². The van der Waals surface area contributed by atoms with E-state index in [-0.39, 0.29) is 17.2 Å². The molecule has 3 nitrogen and oxygen atoms in total. The molecule has 108 valence electrons. The van der Waals surface area contributed by atoms with E-state index in [9.17, 15) is 8.78 Å². The van der Waals surface area contributed by atoms with E-state index in [1.54, 1.807) is 12.1 Å². The highest BCUT2D eigenvalue weighted by Gasteiger charge is 2.37. The Labute approximate surface area is 117 Å². The molecule has 1 saturated carbocycles. The molecule has 1 atom stereocenters. The van der Waals surface area contributed by atoms with Gasteiger partial charge in [0, 0.05) is 12.6 Å². The zero-order valence-electron chi connectivity index (χ0n) is 11.4. The topological polar surface area (TPSA) is 45.0 Å². The Morgan fingerprint density at radius 1 is 1.35 bits per heavy atom. The summed E-state index contributed by atoms with van der Waals surface area (Å²) in [4.78, 5) is 0. The predicted octanol–water partition coefficient (Wildman–Crippen LogP) is 3.63. The molecule has 1 N–H and O–H groups in total. The molecule has 0 aromatic heterocycles. The lowest BCUT2D eigenvalue weighted by atomic mass is 9.70. The van der Waals surface area contributed by atoms with Crippen LogP contribution in [-0.4, -0.2) is 13.2 Å². The minimum Gasteiger partial charge on any atom is -0.435 e. The number of benzene rings is 1. The van der Waals surface area contributed by atoms with E-state index in [0.717, 1.165) is 24.8 Å². The number of nitriles is 1. The Bertz CT molecular complexity index is 478. The highest BCUT2D eigenvalue weighted by atomic mass is 19.3. The standard InChI is InChI=1S/C15H18F2N2O/c1-11(19-10-15(9-18)7-2-8-15)12-3-5-13(6-4-12)20-14(16)17/h3-6,11,14,19H,2,7-8,10H2,1H3. The summed E-state index contributed by atoms with van der Waals surface area (Å²) in [6, 6.07) is 9.04. The van der Waals surface area contributed by atoms with Crippen LogP contribution in [0.1, 0.15) is 37.8 Å². The number of rotatable bonds is 6. The third-order valence-electron chi connectivity index (χ3n) is 3.90. The Morgan fingerprint density at radius 3 is 2.45 bits per heavy atom. The first-order chi connectivity index (χ1) is 9.54. The van der Waals surface area contributed by atoms with Gasteiger partial charge in [0.15, 0.2) is 0 Å². The molecule has 1 fully saturated rings. The lowest BCUT2D eigenvalue weighted by Crippen LogP contribution is -2.39. The lowest BCUT2D eigenvalue weighted by molar-refractivity contribution is -0.0498. The molecule has 0 amide bonds. The van der Waals surface area contributed by atoms with Crippen LogP contribution in [0.15, 0.2) is 24.3 Å². The highest BCUT2D eigenvalue weighted by molar-refractivity contribution is 5.29. The van der Waals surface area contributed by atoms with Gasteiger partial charge in [0.05, 0.1) is 11.5 Å². The Hall–Kier alpha value is -1.67. The van der Waals surface area contributed by atoms with Crippen LogP contribution in [0.5, 0.6) is 5.75 Å². The first-order valence-corrected chi connectivity index (χ1v) is 6.74. The molecule has 1 aliphatic carbocycles. The van der Waals surface area contributed by atoms with E-state index in [1.165, 1.54) is 12.1 Å². The van der Waals surface area contributed by atoms with Crippen molar-refractivity contribution in [1.29, 1.82) is 5.26 Å². The van der Waals surface area contributed by atoms with Crippen LogP contribution in [0, 0.1) is 16.7 Å². The molecule has 1 unspecified atom stereocenters. The van der Waals surface area contributed by atoms with Crippen LogP contribution in [0.4, 0.5) is 8.78 Å². The quantitative estimate of drug-likeness (QED) is 0.865. The first kappa shape index (κ1) is 14.7. The Balaban J connectivity index is 1.89. The van der Waals surface area contributed by atoms with E-state index in [4.69, 9.17) is 5.26 Å². The molecular formula is C15H18F2N2O. The molecule has 0 aliphatic heterocycles. The largest absolute Gasteiger partial charge is 0.435 e. The normalized spacial score (nSPS) is 18.1. The Morgan fingerprint density at radius 2 is 2.00 bits per heavy atom. The van der Waals surface area contributed by atoms with Gasteiger partial charge in [-0.05, 0) is 37.5 Å². The van der Waals surface area contributed by atoms with Gasteiger partial charge in [-0.25, -0.2) is 0 Å². The monoisotopic (exact) mass is 280 g/mol. The molecule has 2 rings (SSSR count). The summed E-state index contributed by atoms with van der Waals surface area (Å²) >= 11 is 0. The molecule has 0 spiro atoms. The predicted molar refractivity (Wildman–Crippen MR) is 71.4 cm³/mol. The summed E-state index contributed by atoms with van der Waals surface area (Å²) in [7, 11) is 0. The number of nitrogens with zero attached hydrogens (tertiary/aromatic N) is 1. The zero-order valence-corrected chi connectivity index (χ0v) is 11.4. The molecule has 1 aliphatic rings. The minimum absolute atomic E-state index is 0.0708. The maximum Gasteiger partial charge on any atom is 0.387 e. The van der Waals surface area contributed by atoms with Crippen LogP contribution in [0.3, 0.4) is 0 Å². The van der Waals surface area contributed by atoms with Crippen LogP contribution < -0.4 is 10.1 Å². The van der Waals surface area contributed by atoms with Crippen molar-refractivity contribution in [3.63, 3.8) is 0 Å². The van der Waals surface area contributed by atoms with Crippen LogP contribution in [0.2, 0.25) is 0 Å². The summed E-state index contributed by atoms with van der Waals surface area (Å²) in [5.74, 6) is 0.156. The highest BCUT2D eigenvalue weighted by Crippen LogP contribution is 2.39. The zero-order chi connectivity index (χ0) is 14.6. The Kier molecular flexibility index (Phi) is 4.56. The number of hydrogen-bond acceptors (Lipinski definition) is 3. The number of halogens is 2. The number of ether oxygens (including phenoxy) is 1. The molecule has 1 aromatic carbocycles. The second kappa shape index (κ2) is 6.19. The van der Waals surface area contributed by atoms with Crippen molar-refractivity contribution in [2.75, 3.05) is 6.54 Å². The third kappa shape index (κ3) is 3.45. The van der Waals surface area contributed by atoms with Gasteiger partial charge in [0.25, 0.3) is 0 Å². The molecule has 20 heavy (non-hydrogen) atoms. The summed E-state index contributed by atoms with van der Waals surface area (Å²) < 4.78 is 28.4. The summed E-state index contributed by atoms with van der Waals surface area (Å²) in [6.07, 6.45) is 3.01. The van der Waals surface area contributed by atoms with E-state index in [2.05, 4.69) is 16.1 Å². The van der Waals surface area contributed by atoms with Gasteiger partial charge in [0.2, 0.25) is 0 Å². The van der Waals surface area contributed by atoms with Gasteiger partial charge in [0.1, 0.15) is 5.75 Å². The lowest BCUT2D eigenvalue weighted by Gasteiger charge is -2.36. The maximum absolute atomic E-state index is 12.1. The fourth-order valence-corrected chi connectivity index (χ4v) is 2.34. The van der Waals surface area contributed by atoms with E-state index >= 15 is 0 Å². The van der Waals surface area contributed by atoms with Crippen LogP contribution in [0.25, 0.3) is 0 Å². The molecular weight excluding hydrogens is 262 g/mol. The molecule has 0 saturated heterocycles. The van der Waals surface area contributed by atoms with Gasteiger partial charge in [-0.1, -0.05) is 18.6 Å². The smallest absolute Gasteiger partial charge is 0.387 e. The van der Waals surface area contributed by atoms with Gasteiger partial charge < -0.3 is 10.1 Å². The van der Waals surface area contributed by atoms with Crippen LogP contribution >= 0.6 is 0 Å². The van der Waals surface area contributed by atoms with Gasteiger partial charge >= 0.3 is 6.61 Å². The van der Waals surface area contributed by atoms with E-state index < -0.39 is 6.61 Å². The van der Waals surface area contributed by atoms with Crippen molar-refractivity contribution in [2.24, 2.45) is 5.41 Å². The minimum atomic E-state index is -2.80. The fraction of sp³-hybridized carbons (Fsp3) is 0.533. The van der Waals surface area contributed by atoms with Crippen molar-refractivity contribution in [3.8, 4) is 11.8 Å². The molecule has 0 bridgehead atoms. The summed E-state index contributed by atoms with van der Waals surface area (Å²) in [5, 5.41) is 12.5. The van der Waals surface area contributed by atoms with Crippen molar-refractivity contribution in [2.45, 2.75) is 38.8 Å². The SMILES string of the molecule is CC(NCC1(C#N)CCC1)c1ccc(OC(F)F)cc1. The molecule has 0 heterocycles. The van der Waals surface area contributed by atoms with Crippen molar-refractivity contribution in [1.82, 2.24) is 5.32 Å². The van der Waals surface area contributed by atoms with Gasteiger partial charge in [-0.2, -0.15) is 14.0 Å². The van der Waals surface area contributed by atoms with Crippen LogP contribution in [-0.2, 0) is 0 Å². The van der Waals surface area contributed by atoms with Gasteiger partial charge in [-0.3, -0.25) is 0 Å². The summed E-state index contributed by atoms with van der Waals surface area (Å²) in [6.45, 7) is -0.141. The van der Waals surface area contributed by atoms with E-state index in [1.807, 2.05) is 6.92 Å². The van der Waals surface area contributed by atoms with Crippen molar-refractivity contribution < 1.29 is 13.5 Å². The number of alkyl halides is 2. The second-order valence-electron chi connectivity index (χ2n) is 5.30. The summed E-state index contributed by atoms with van der Waals surface area (Å²) in [5.41, 5.74) is 0.770. The maximum atomic E-state index is 12.1. The number of nitrogens with one attached hydrogen (secondary N) is 1. The number of hydrogen-bond donors (Lipinski definition) is 1.